The van der Waals surface area contributed by atoms with Gasteiger partial charge < -0.3 is 10.5 Å². The lowest BCUT2D eigenvalue weighted by molar-refractivity contribution is -0.117. The maximum atomic E-state index is 11.7. The number of anilines is 1. The predicted octanol–water partition coefficient (Wildman–Crippen LogP) is 0.860. The first-order valence-corrected chi connectivity index (χ1v) is 5.53. The van der Waals surface area contributed by atoms with Crippen molar-refractivity contribution in [3.63, 3.8) is 0 Å². The standard InChI is InChI=1S/C11H18N4O2/c1-4-5-8(12)10(16)15-11-13-7(2)6-9(14-11)17-3/h6,8H,4-5,12H2,1-3H3,(H,13,14,15,16)/t8-/m0/s1. The predicted molar refractivity (Wildman–Crippen MR) is 64.8 cm³/mol. The fourth-order valence-electron chi connectivity index (χ4n) is 1.35. The molecule has 1 atom stereocenters. The van der Waals surface area contributed by atoms with Gasteiger partial charge >= 0.3 is 0 Å². The van der Waals surface area contributed by atoms with Gasteiger partial charge in [0, 0.05) is 11.8 Å². The molecule has 1 aromatic rings. The summed E-state index contributed by atoms with van der Waals surface area (Å²) in [7, 11) is 1.51. The average molecular weight is 238 g/mol. The molecule has 0 aromatic carbocycles. The Kier molecular flexibility index (Phi) is 4.84. The first kappa shape index (κ1) is 13.4. The molecule has 1 aromatic heterocycles. The fraction of sp³-hybridized carbons (Fsp3) is 0.545. The van der Waals surface area contributed by atoms with Crippen molar-refractivity contribution in [1.82, 2.24) is 9.97 Å². The third-order valence-electron chi connectivity index (χ3n) is 2.21. The van der Waals surface area contributed by atoms with Crippen LogP contribution < -0.4 is 15.8 Å². The molecule has 3 N–H and O–H groups in total. The number of hydrogen-bond acceptors (Lipinski definition) is 5. The van der Waals surface area contributed by atoms with Crippen LogP contribution in [0.15, 0.2) is 6.07 Å². The van der Waals surface area contributed by atoms with E-state index >= 15 is 0 Å². The number of nitrogens with zero attached hydrogens (tertiary/aromatic N) is 2. The van der Waals surface area contributed by atoms with Gasteiger partial charge in [-0.15, -0.1) is 0 Å². The first-order valence-electron chi connectivity index (χ1n) is 5.53. The molecule has 0 saturated carbocycles. The number of methoxy groups -OCH3 is 1. The van der Waals surface area contributed by atoms with E-state index in [0.29, 0.717) is 12.3 Å². The maximum Gasteiger partial charge on any atom is 0.243 e. The molecule has 0 fully saturated rings. The van der Waals surface area contributed by atoms with Gasteiger partial charge in [0.15, 0.2) is 0 Å². The summed E-state index contributed by atoms with van der Waals surface area (Å²) >= 11 is 0. The number of ether oxygens (including phenoxy) is 1. The van der Waals surface area contributed by atoms with Crippen LogP contribution in [0.4, 0.5) is 5.95 Å². The van der Waals surface area contributed by atoms with E-state index in [9.17, 15) is 4.79 Å². The molecule has 0 spiro atoms. The van der Waals surface area contributed by atoms with Crippen molar-refractivity contribution >= 4 is 11.9 Å². The number of amides is 1. The topological polar surface area (TPSA) is 90.1 Å². The van der Waals surface area contributed by atoms with Crippen molar-refractivity contribution in [3.05, 3.63) is 11.8 Å². The van der Waals surface area contributed by atoms with Crippen molar-refractivity contribution in [3.8, 4) is 5.88 Å². The van der Waals surface area contributed by atoms with Crippen LogP contribution in [-0.2, 0) is 4.79 Å². The molecule has 0 bridgehead atoms. The van der Waals surface area contributed by atoms with E-state index in [1.54, 1.807) is 13.0 Å². The second kappa shape index (κ2) is 6.15. The molecule has 0 aliphatic rings. The molecule has 1 heterocycles. The van der Waals surface area contributed by atoms with Gasteiger partial charge in [0.2, 0.25) is 17.7 Å². The number of carbonyl (C=O) groups excluding carboxylic acids is 1. The maximum absolute atomic E-state index is 11.7. The first-order chi connectivity index (χ1) is 8.06. The summed E-state index contributed by atoms with van der Waals surface area (Å²) in [4.78, 5) is 19.8. The number of carbonyl (C=O) groups is 1. The summed E-state index contributed by atoms with van der Waals surface area (Å²) in [5.41, 5.74) is 6.40. The summed E-state index contributed by atoms with van der Waals surface area (Å²) in [6.07, 6.45) is 1.49. The highest BCUT2D eigenvalue weighted by Crippen LogP contribution is 2.11. The minimum absolute atomic E-state index is 0.221. The van der Waals surface area contributed by atoms with Gasteiger partial charge in [-0.25, -0.2) is 4.98 Å². The van der Waals surface area contributed by atoms with Crippen LogP contribution in [-0.4, -0.2) is 29.0 Å². The average Bonchev–Trinajstić information content (AvgIpc) is 2.28. The summed E-state index contributed by atoms with van der Waals surface area (Å²) in [5.74, 6) is 0.356. The van der Waals surface area contributed by atoms with Gasteiger partial charge in [0.05, 0.1) is 13.2 Å². The van der Waals surface area contributed by atoms with E-state index in [-0.39, 0.29) is 11.9 Å². The summed E-state index contributed by atoms with van der Waals surface area (Å²) in [5, 5.41) is 2.58. The Hall–Kier alpha value is -1.69. The summed E-state index contributed by atoms with van der Waals surface area (Å²) in [6, 6.07) is 1.15. The SMILES string of the molecule is CCC[C@H](N)C(=O)Nc1nc(C)cc(OC)n1. The molecule has 0 aliphatic heterocycles. The Bertz CT molecular complexity index is 395. The zero-order valence-corrected chi connectivity index (χ0v) is 10.4. The van der Waals surface area contributed by atoms with E-state index in [4.69, 9.17) is 10.5 Å². The summed E-state index contributed by atoms with van der Waals surface area (Å²) in [6.45, 7) is 3.77. The van der Waals surface area contributed by atoms with Gasteiger partial charge in [-0.1, -0.05) is 13.3 Å². The number of nitrogens with two attached hydrogens (primary N) is 1. The number of rotatable bonds is 5. The van der Waals surface area contributed by atoms with Crippen LogP contribution in [0.5, 0.6) is 5.88 Å². The van der Waals surface area contributed by atoms with Crippen molar-refractivity contribution in [2.24, 2.45) is 5.73 Å². The molecule has 94 valence electrons. The minimum atomic E-state index is -0.532. The third kappa shape index (κ3) is 3.99. The van der Waals surface area contributed by atoms with E-state index < -0.39 is 6.04 Å². The Labute approximate surface area is 101 Å². The molecule has 1 rings (SSSR count). The normalized spacial score (nSPS) is 12.0. The Morgan fingerprint density at radius 2 is 2.29 bits per heavy atom. The van der Waals surface area contributed by atoms with E-state index in [1.807, 2.05) is 6.92 Å². The Balaban J connectivity index is 2.74. The fourth-order valence-corrected chi connectivity index (χ4v) is 1.35. The minimum Gasteiger partial charge on any atom is -0.481 e. The zero-order valence-electron chi connectivity index (χ0n) is 10.4. The molecule has 17 heavy (non-hydrogen) atoms. The van der Waals surface area contributed by atoms with Crippen LogP contribution in [0.3, 0.4) is 0 Å². The molecule has 6 heteroatoms. The lowest BCUT2D eigenvalue weighted by Gasteiger charge is -2.10. The zero-order chi connectivity index (χ0) is 12.8. The van der Waals surface area contributed by atoms with Crippen molar-refractivity contribution in [2.75, 3.05) is 12.4 Å². The second-order valence-electron chi connectivity index (χ2n) is 3.76. The number of aryl methyl sites for hydroxylation is 1. The highest BCUT2D eigenvalue weighted by Gasteiger charge is 2.14. The van der Waals surface area contributed by atoms with Gasteiger partial charge in [-0.2, -0.15) is 4.98 Å². The van der Waals surface area contributed by atoms with Crippen LogP contribution in [0.2, 0.25) is 0 Å². The van der Waals surface area contributed by atoms with Gasteiger partial charge in [0.1, 0.15) is 0 Å². The molecule has 0 aliphatic carbocycles. The largest absolute Gasteiger partial charge is 0.481 e. The molecule has 0 radical (unpaired) electrons. The lowest BCUT2D eigenvalue weighted by atomic mass is 10.2. The molecular weight excluding hydrogens is 220 g/mol. The van der Waals surface area contributed by atoms with E-state index in [2.05, 4.69) is 15.3 Å². The van der Waals surface area contributed by atoms with Crippen LogP contribution in [0.25, 0.3) is 0 Å². The molecule has 1 amide bonds. The highest BCUT2D eigenvalue weighted by atomic mass is 16.5. The highest BCUT2D eigenvalue weighted by molar-refractivity contribution is 5.93. The second-order valence-corrected chi connectivity index (χ2v) is 3.76. The van der Waals surface area contributed by atoms with Gasteiger partial charge in [-0.05, 0) is 13.3 Å². The Morgan fingerprint density at radius 1 is 1.59 bits per heavy atom. The van der Waals surface area contributed by atoms with Crippen molar-refractivity contribution in [1.29, 1.82) is 0 Å². The number of nitrogens with one attached hydrogen (secondary N) is 1. The molecular formula is C11H18N4O2. The van der Waals surface area contributed by atoms with Crippen LogP contribution in [0.1, 0.15) is 25.5 Å². The van der Waals surface area contributed by atoms with E-state index in [1.165, 1.54) is 7.11 Å². The smallest absolute Gasteiger partial charge is 0.243 e. The van der Waals surface area contributed by atoms with Crippen LogP contribution >= 0.6 is 0 Å². The molecule has 0 unspecified atom stereocenters. The number of hydrogen-bond donors (Lipinski definition) is 2. The van der Waals surface area contributed by atoms with Gasteiger partial charge in [0.25, 0.3) is 0 Å². The van der Waals surface area contributed by atoms with Crippen molar-refractivity contribution in [2.45, 2.75) is 32.7 Å². The third-order valence-corrected chi connectivity index (χ3v) is 2.21. The summed E-state index contributed by atoms with van der Waals surface area (Å²) < 4.78 is 4.99. The van der Waals surface area contributed by atoms with Crippen LogP contribution in [0, 0.1) is 6.92 Å². The number of aromatic nitrogens is 2. The lowest BCUT2D eigenvalue weighted by Crippen LogP contribution is -2.35. The van der Waals surface area contributed by atoms with Gasteiger partial charge in [-0.3, -0.25) is 10.1 Å². The molecule has 6 nitrogen and oxygen atoms in total. The van der Waals surface area contributed by atoms with Crippen molar-refractivity contribution < 1.29 is 9.53 Å². The molecule has 0 saturated heterocycles. The quantitative estimate of drug-likeness (QED) is 0.794. The van der Waals surface area contributed by atoms with E-state index in [0.717, 1.165) is 12.1 Å². The Morgan fingerprint density at radius 3 is 2.88 bits per heavy atom. The monoisotopic (exact) mass is 238 g/mol.